The fourth-order valence-corrected chi connectivity index (χ4v) is 4.69. The van der Waals surface area contributed by atoms with Gasteiger partial charge in [-0.15, -0.1) is 0 Å². The van der Waals surface area contributed by atoms with Crippen LogP contribution in [0.2, 0.25) is 0 Å². The van der Waals surface area contributed by atoms with Crippen LogP contribution in [0.4, 0.5) is 5.69 Å². The Morgan fingerprint density at radius 2 is 1.78 bits per heavy atom. The summed E-state index contributed by atoms with van der Waals surface area (Å²) in [6.45, 7) is 2.22. The number of fused-ring (bicyclic) bond motifs is 1. The summed E-state index contributed by atoms with van der Waals surface area (Å²) >= 11 is 0. The first-order chi connectivity index (χ1) is 17.9. The Morgan fingerprint density at radius 1 is 1.11 bits per heavy atom. The maximum absolute atomic E-state index is 13.2. The molecule has 2 aromatic rings. The minimum Gasteiger partial charge on any atom is -0.324 e. The average molecular weight is 510 g/mol. The van der Waals surface area contributed by atoms with Crippen LogP contribution >= 0.6 is 0 Å². The number of unbranched alkanes of at least 4 members (excludes halogenated alkanes) is 8. The van der Waals surface area contributed by atoms with Crippen molar-refractivity contribution in [3.63, 3.8) is 0 Å². The summed E-state index contributed by atoms with van der Waals surface area (Å²) in [7, 11) is 0. The van der Waals surface area contributed by atoms with Gasteiger partial charge in [0.2, 0.25) is 17.7 Å². The van der Waals surface area contributed by atoms with Gasteiger partial charge in [0.15, 0.2) is 0 Å². The second-order valence-corrected chi connectivity index (χ2v) is 9.44. The first-order valence-electron chi connectivity index (χ1n) is 13.1. The number of piperidine rings is 1. The molecule has 1 saturated heterocycles. The molecular formula is C26H35N7O4. The normalized spacial score (nSPS) is 15.3. The molecule has 0 spiro atoms. The SMILES string of the molecule is Cc1nc2c(NC(=O)CCCCCCCCCCCN=[N+]=[N-])cccc2c(=O)n1C1CCC(=O)NC1=O. The van der Waals surface area contributed by atoms with E-state index in [-0.39, 0.29) is 30.2 Å². The van der Waals surface area contributed by atoms with E-state index in [1.165, 1.54) is 17.4 Å². The molecule has 3 rings (SSSR count). The summed E-state index contributed by atoms with van der Waals surface area (Å²) in [6, 6.07) is 4.24. The maximum Gasteiger partial charge on any atom is 0.262 e. The minimum absolute atomic E-state index is 0.124. The highest BCUT2D eigenvalue weighted by molar-refractivity contribution is 6.01. The van der Waals surface area contributed by atoms with Crippen molar-refractivity contribution in [1.82, 2.24) is 14.9 Å². The van der Waals surface area contributed by atoms with Gasteiger partial charge >= 0.3 is 0 Å². The summed E-state index contributed by atoms with van der Waals surface area (Å²) in [4.78, 5) is 56.9. The van der Waals surface area contributed by atoms with Gasteiger partial charge in [-0.05, 0) is 43.9 Å². The van der Waals surface area contributed by atoms with Crippen molar-refractivity contribution in [3.8, 4) is 0 Å². The molecular weight excluding hydrogens is 474 g/mol. The molecule has 1 aromatic carbocycles. The number of amides is 3. The highest BCUT2D eigenvalue weighted by Gasteiger charge is 2.30. The van der Waals surface area contributed by atoms with Crippen LogP contribution in [0.15, 0.2) is 28.1 Å². The van der Waals surface area contributed by atoms with Gasteiger partial charge in [-0.3, -0.25) is 29.1 Å². The number of para-hydroxylation sites is 1. The van der Waals surface area contributed by atoms with Crippen molar-refractivity contribution in [2.45, 2.75) is 90.0 Å². The van der Waals surface area contributed by atoms with Crippen LogP contribution in [0, 0.1) is 6.92 Å². The standard InChI is InChI=1S/C26H35N7O4/c1-18-29-24-19(26(37)33(18)21-15-16-23(35)31-25(21)36)12-11-13-20(24)30-22(34)14-9-7-5-3-2-4-6-8-10-17-28-32-27/h11-13,21H,2-10,14-17H2,1H3,(H,30,34)(H,31,35,36). The summed E-state index contributed by atoms with van der Waals surface area (Å²) in [5.41, 5.74) is 8.73. The monoisotopic (exact) mass is 509 g/mol. The Labute approximate surface area is 215 Å². The maximum atomic E-state index is 13.2. The highest BCUT2D eigenvalue weighted by Crippen LogP contribution is 2.23. The van der Waals surface area contributed by atoms with E-state index >= 15 is 0 Å². The van der Waals surface area contributed by atoms with Gasteiger partial charge in [0.25, 0.3) is 5.56 Å². The zero-order valence-corrected chi connectivity index (χ0v) is 21.4. The second kappa shape index (κ2) is 14.1. The molecule has 2 N–H and O–H groups in total. The number of hydrogen-bond acceptors (Lipinski definition) is 6. The molecule has 0 saturated carbocycles. The van der Waals surface area contributed by atoms with Crippen LogP contribution in [-0.2, 0) is 14.4 Å². The lowest BCUT2D eigenvalue weighted by atomic mass is 10.1. The average Bonchev–Trinajstić information content (AvgIpc) is 2.86. The number of nitrogens with zero attached hydrogens (tertiary/aromatic N) is 5. The predicted octanol–water partition coefficient (Wildman–Crippen LogP) is 4.83. The van der Waals surface area contributed by atoms with Gasteiger partial charge in [-0.25, -0.2) is 4.98 Å². The van der Waals surface area contributed by atoms with E-state index in [9.17, 15) is 19.2 Å². The van der Waals surface area contributed by atoms with Crippen LogP contribution in [0.1, 0.15) is 88.9 Å². The zero-order chi connectivity index (χ0) is 26.6. The number of anilines is 1. The number of benzene rings is 1. The van der Waals surface area contributed by atoms with Crippen LogP contribution < -0.4 is 16.2 Å². The lowest BCUT2D eigenvalue weighted by molar-refractivity contribution is -0.135. The van der Waals surface area contributed by atoms with Crippen molar-refractivity contribution in [2.24, 2.45) is 5.11 Å². The van der Waals surface area contributed by atoms with E-state index in [2.05, 4.69) is 25.6 Å². The number of carbonyl (C=O) groups is 3. The molecule has 1 atom stereocenters. The van der Waals surface area contributed by atoms with Gasteiger partial charge in [0, 0.05) is 24.3 Å². The molecule has 0 aliphatic carbocycles. The molecule has 198 valence electrons. The minimum atomic E-state index is -0.788. The van der Waals surface area contributed by atoms with E-state index in [0.29, 0.717) is 35.4 Å². The smallest absolute Gasteiger partial charge is 0.262 e. The quantitative estimate of drug-likeness (QED) is 0.122. The summed E-state index contributed by atoms with van der Waals surface area (Å²) in [5, 5.41) is 9.02. The number of imide groups is 1. The van der Waals surface area contributed by atoms with Gasteiger partial charge in [-0.2, -0.15) is 0 Å². The van der Waals surface area contributed by atoms with Gasteiger partial charge < -0.3 is 5.32 Å². The van der Waals surface area contributed by atoms with Gasteiger partial charge in [-0.1, -0.05) is 56.1 Å². The topological polar surface area (TPSA) is 159 Å². The van der Waals surface area contributed by atoms with Crippen molar-refractivity contribution in [2.75, 3.05) is 11.9 Å². The van der Waals surface area contributed by atoms with Crippen molar-refractivity contribution in [1.29, 1.82) is 0 Å². The lowest BCUT2D eigenvalue weighted by Gasteiger charge is -2.24. The Morgan fingerprint density at radius 3 is 2.46 bits per heavy atom. The summed E-state index contributed by atoms with van der Waals surface area (Å²) < 4.78 is 1.33. The predicted molar refractivity (Wildman–Crippen MR) is 141 cm³/mol. The van der Waals surface area contributed by atoms with Crippen LogP contribution in [0.3, 0.4) is 0 Å². The Kier molecular flexibility index (Phi) is 10.6. The van der Waals surface area contributed by atoms with E-state index in [1.807, 2.05) is 0 Å². The number of rotatable bonds is 14. The third-order valence-corrected chi connectivity index (χ3v) is 6.63. The molecule has 1 aromatic heterocycles. The molecule has 1 fully saturated rings. The lowest BCUT2D eigenvalue weighted by Crippen LogP contribution is -2.45. The fourth-order valence-electron chi connectivity index (χ4n) is 4.69. The first kappa shape index (κ1) is 27.9. The van der Waals surface area contributed by atoms with Crippen molar-refractivity contribution in [3.05, 3.63) is 44.8 Å². The molecule has 1 unspecified atom stereocenters. The molecule has 0 bridgehead atoms. The Bertz CT molecular complexity index is 1230. The number of aromatic nitrogens is 2. The van der Waals surface area contributed by atoms with Gasteiger partial charge in [0.1, 0.15) is 17.4 Å². The molecule has 37 heavy (non-hydrogen) atoms. The molecule has 1 aliphatic heterocycles. The van der Waals surface area contributed by atoms with E-state index in [1.54, 1.807) is 25.1 Å². The molecule has 0 radical (unpaired) electrons. The second-order valence-electron chi connectivity index (χ2n) is 9.44. The van der Waals surface area contributed by atoms with E-state index < -0.39 is 11.9 Å². The number of azide groups is 1. The van der Waals surface area contributed by atoms with Crippen molar-refractivity contribution < 1.29 is 14.4 Å². The molecule has 11 heteroatoms. The Balaban J connectivity index is 1.49. The third-order valence-electron chi connectivity index (χ3n) is 6.63. The molecule has 1 aliphatic rings. The molecule has 3 amide bonds. The molecule has 11 nitrogen and oxygen atoms in total. The van der Waals surface area contributed by atoms with Crippen molar-refractivity contribution >= 4 is 34.3 Å². The number of nitrogens with one attached hydrogen (secondary N) is 2. The largest absolute Gasteiger partial charge is 0.324 e. The number of hydrogen-bond donors (Lipinski definition) is 2. The first-order valence-corrected chi connectivity index (χ1v) is 13.1. The highest BCUT2D eigenvalue weighted by atomic mass is 16.2. The van der Waals surface area contributed by atoms with Crippen LogP contribution in [-0.4, -0.2) is 33.8 Å². The van der Waals surface area contributed by atoms with E-state index in [0.717, 1.165) is 44.9 Å². The summed E-state index contributed by atoms with van der Waals surface area (Å²) in [5.74, 6) is -0.624. The Hall–Kier alpha value is -3.72. The third kappa shape index (κ3) is 7.88. The number of aryl methyl sites for hydroxylation is 1. The zero-order valence-electron chi connectivity index (χ0n) is 21.4. The summed E-state index contributed by atoms with van der Waals surface area (Å²) in [6.07, 6.45) is 10.3. The number of carbonyl (C=O) groups excluding carboxylic acids is 3. The fraction of sp³-hybridized carbons (Fsp3) is 0.577. The van der Waals surface area contributed by atoms with E-state index in [4.69, 9.17) is 5.53 Å². The van der Waals surface area contributed by atoms with Crippen LogP contribution in [0.5, 0.6) is 0 Å². The van der Waals surface area contributed by atoms with Crippen LogP contribution in [0.25, 0.3) is 21.3 Å². The van der Waals surface area contributed by atoms with Gasteiger partial charge in [0.05, 0.1) is 11.1 Å². The molecule has 2 heterocycles.